The maximum atomic E-state index is 5.98. The molecule has 2 saturated heterocycles. The molecule has 7 nitrogen and oxygen atoms in total. The second kappa shape index (κ2) is 10.5. The van der Waals surface area contributed by atoms with Gasteiger partial charge in [0.25, 0.3) is 0 Å². The van der Waals surface area contributed by atoms with E-state index in [1.54, 1.807) is 0 Å². The van der Waals surface area contributed by atoms with Gasteiger partial charge in [0.2, 0.25) is 0 Å². The van der Waals surface area contributed by atoms with Gasteiger partial charge in [0, 0.05) is 31.7 Å². The van der Waals surface area contributed by atoms with E-state index in [9.17, 15) is 0 Å². The number of nitrogens with zero attached hydrogens (tertiary/aromatic N) is 3. The molecule has 1 aromatic rings. The van der Waals surface area contributed by atoms with Gasteiger partial charge in [-0.25, -0.2) is 0 Å². The second-order valence-corrected chi connectivity index (χ2v) is 8.70. The first kappa shape index (κ1) is 22.1. The minimum absolute atomic E-state index is 0.0125. The van der Waals surface area contributed by atoms with Gasteiger partial charge in [0.15, 0.2) is 5.96 Å². The van der Waals surface area contributed by atoms with Crippen molar-refractivity contribution >= 4 is 5.96 Å². The van der Waals surface area contributed by atoms with Crippen molar-refractivity contribution in [1.29, 1.82) is 0 Å². The summed E-state index contributed by atoms with van der Waals surface area (Å²) in [7, 11) is 0. The third kappa shape index (κ3) is 6.20. The van der Waals surface area contributed by atoms with Crippen LogP contribution in [-0.4, -0.2) is 80.3 Å². The molecule has 0 spiro atoms. The van der Waals surface area contributed by atoms with Gasteiger partial charge in [-0.05, 0) is 65.8 Å². The number of aliphatic imine (C=N–C) groups is 1. The molecule has 2 fully saturated rings. The summed E-state index contributed by atoms with van der Waals surface area (Å²) in [5, 5.41) is 6.98. The van der Waals surface area contributed by atoms with Crippen molar-refractivity contribution in [2.24, 2.45) is 4.99 Å². The highest BCUT2D eigenvalue weighted by molar-refractivity contribution is 5.79. The molecule has 0 aromatic carbocycles. The van der Waals surface area contributed by atoms with Gasteiger partial charge in [-0.2, -0.15) is 0 Å². The van der Waals surface area contributed by atoms with Gasteiger partial charge < -0.3 is 19.8 Å². The normalized spacial score (nSPS) is 20.8. The van der Waals surface area contributed by atoms with Gasteiger partial charge >= 0.3 is 0 Å². The summed E-state index contributed by atoms with van der Waals surface area (Å²) in [6.45, 7) is 16.9. The number of morpholine rings is 1. The van der Waals surface area contributed by atoms with Gasteiger partial charge in [-0.3, -0.25) is 14.8 Å². The van der Waals surface area contributed by atoms with Crippen molar-refractivity contribution < 1.29 is 9.15 Å². The fourth-order valence-electron chi connectivity index (χ4n) is 4.17. The zero-order valence-electron chi connectivity index (χ0n) is 18.7. The molecular weight excluding hydrogens is 366 g/mol. The molecule has 1 unspecified atom stereocenters. The molecule has 29 heavy (non-hydrogen) atoms. The summed E-state index contributed by atoms with van der Waals surface area (Å²) in [5.41, 5.74) is 0.0125. The van der Waals surface area contributed by atoms with E-state index in [0.29, 0.717) is 0 Å². The van der Waals surface area contributed by atoms with Crippen LogP contribution >= 0.6 is 0 Å². The number of ether oxygens (including phenoxy) is 1. The molecule has 0 saturated carbocycles. The number of likely N-dealkylation sites (tertiary alicyclic amines) is 1. The van der Waals surface area contributed by atoms with E-state index in [4.69, 9.17) is 14.1 Å². The van der Waals surface area contributed by atoms with Crippen molar-refractivity contribution in [3.63, 3.8) is 0 Å². The lowest BCUT2D eigenvalue weighted by Crippen LogP contribution is -2.52. The molecule has 2 N–H and O–H groups in total. The second-order valence-electron chi connectivity index (χ2n) is 8.70. The highest BCUT2D eigenvalue weighted by atomic mass is 16.5. The van der Waals surface area contributed by atoms with Crippen molar-refractivity contribution in [1.82, 2.24) is 20.4 Å². The number of furan rings is 1. The van der Waals surface area contributed by atoms with E-state index < -0.39 is 0 Å². The van der Waals surface area contributed by atoms with Crippen LogP contribution in [0.5, 0.6) is 0 Å². The molecule has 2 aliphatic rings. The first-order valence-electron chi connectivity index (χ1n) is 11.1. The van der Waals surface area contributed by atoms with Crippen LogP contribution in [0.1, 0.15) is 51.2 Å². The van der Waals surface area contributed by atoms with Crippen LogP contribution in [0.3, 0.4) is 0 Å². The first-order valence-corrected chi connectivity index (χ1v) is 11.1. The molecule has 1 atom stereocenters. The topological polar surface area (TPSA) is 65.3 Å². The Bertz CT molecular complexity index is 645. The number of hydrogen-bond donors (Lipinski definition) is 2. The number of nitrogens with one attached hydrogen (secondary N) is 2. The maximum Gasteiger partial charge on any atom is 0.191 e. The van der Waals surface area contributed by atoms with Crippen LogP contribution in [0.2, 0.25) is 0 Å². The Labute approximate surface area is 175 Å². The summed E-state index contributed by atoms with van der Waals surface area (Å²) >= 11 is 0. The van der Waals surface area contributed by atoms with Crippen molar-refractivity contribution in [2.45, 2.75) is 52.1 Å². The number of rotatable bonds is 8. The zero-order chi connectivity index (χ0) is 20.7. The molecule has 3 heterocycles. The molecule has 3 rings (SSSR count). The molecule has 0 aliphatic carbocycles. The SMILES string of the molecule is CCNC(=NCC(C)(C)N1CCOCC1)NCC(c1ccc(C)o1)N1CCCC1. The smallest absolute Gasteiger partial charge is 0.191 e. The Balaban J connectivity index is 1.63. The number of aryl methyl sites for hydroxylation is 1. The Kier molecular flexibility index (Phi) is 7.98. The monoisotopic (exact) mass is 405 g/mol. The third-order valence-corrected chi connectivity index (χ3v) is 5.97. The lowest BCUT2D eigenvalue weighted by atomic mass is 10.0. The first-order chi connectivity index (χ1) is 14.0. The maximum absolute atomic E-state index is 5.98. The molecule has 1 aromatic heterocycles. The molecule has 0 amide bonds. The Hall–Kier alpha value is -1.57. The minimum atomic E-state index is 0.0125. The van der Waals surface area contributed by atoms with Crippen LogP contribution in [0.4, 0.5) is 0 Å². The Morgan fingerprint density at radius 1 is 1.14 bits per heavy atom. The van der Waals surface area contributed by atoms with Crippen molar-refractivity contribution in [3.8, 4) is 0 Å². The number of guanidine groups is 1. The van der Waals surface area contributed by atoms with E-state index in [1.807, 2.05) is 6.92 Å². The highest BCUT2D eigenvalue weighted by Gasteiger charge is 2.29. The molecule has 0 radical (unpaired) electrons. The molecular formula is C22H39N5O2. The summed E-state index contributed by atoms with van der Waals surface area (Å²) in [6.07, 6.45) is 2.52. The largest absolute Gasteiger partial charge is 0.465 e. The predicted octanol–water partition coefficient (Wildman–Crippen LogP) is 2.39. The highest BCUT2D eigenvalue weighted by Crippen LogP contribution is 2.26. The van der Waals surface area contributed by atoms with E-state index in [1.165, 1.54) is 12.8 Å². The molecule has 0 bridgehead atoms. The van der Waals surface area contributed by atoms with E-state index in [-0.39, 0.29) is 11.6 Å². The lowest BCUT2D eigenvalue weighted by molar-refractivity contribution is -0.00684. The minimum Gasteiger partial charge on any atom is -0.465 e. The predicted molar refractivity (Wildman–Crippen MR) is 117 cm³/mol. The van der Waals surface area contributed by atoms with Crippen LogP contribution < -0.4 is 10.6 Å². The van der Waals surface area contributed by atoms with Gasteiger partial charge in [-0.15, -0.1) is 0 Å². The third-order valence-electron chi connectivity index (χ3n) is 5.97. The van der Waals surface area contributed by atoms with Gasteiger partial charge in [0.1, 0.15) is 11.5 Å². The van der Waals surface area contributed by atoms with Crippen LogP contribution in [0, 0.1) is 6.92 Å². The summed E-state index contributed by atoms with van der Waals surface area (Å²) in [5.74, 6) is 2.89. The average Bonchev–Trinajstić information content (AvgIpc) is 3.39. The van der Waals surface area contributed by atoms with Crippen molar-refractivity contribution in [3.05, 3.63) is 23.7 Å². The standard InChI is InChI=1S/C22H39N5O2/c1-5-23-21(25-17-22(3,4)27-12-14-28-15-13-27)24-16-19(26-10-6-7-11-26)20-9-8-18(2)29-20/h8-9,19H,5-7,10-17H2,1-4H3,(H2,23,24,25). The summed E-state index contributed by atoms with van der Waals surface area (Å²) < 4.78 is 11.5. The van der Waals surface area contributed by atoms with E-state index in [2.05, 4.69) is 53.3 Å². The molecule has 7 heteroatoms. The fraction of sp³-hybridized carbons (Fsp3) is 0.773. The number of hydrogen-bond acceptors (Lipinski definition) is 5. The summed E-state index contributed by atoms with van der Waals surface area (Å²) in [6, 6.07) is 4.41. The van der Waals surface area contributed by atoms with Crippen LogP contribution in [-0.2, 0) is 4.74 Å². The summed E-state index contributed by atoms with van der Waals surface area (Å²) in [4.78, 5) is 9.92. The Morgan fingerprint density at radius 2 is 1.86 bits per heavy atom. The lowest BCUT2D eigenvalue weighted by Gasteiger charge is -2.40. The zero-order valence-corrected chi connectivity index (χ0v) is 18.7. The molecule has 164 valence electrons. The fourth-order valence-corrected chi connectivity index (χ4v) is 4.17. The van der Waals surface area contributed by atoms with Gasteiger partial charge in [0.05, 0.1) is 25.8 Å². The van der Waals surface area contributed by atoms with E-state index >= 15 is 0 Å². The quantitative estimate of drug-likeness (QED) is 0.511. The van der Waals surface area contributed by atoms with Crippen molar-refractivity contribution in [2.75, 3.05) is 59.0 Å². The average molecular weight is 406 g/mol. The van der Waals surface area contributed by atoms with Crippen LogP contribution in [0.25, 0.3) is 0 Å². The van der Waals surface area contributed by atoms with Gasteiger partial charge in [-0.1, -0.05) is 0 Å². The Morgan fingerprint density at radius 3 is 2.48 bits per heavy atom. The van der Waals surface area contributed by atoms with Crippen LogP contribution in [0.15, 0.2) is 21.5 Å². The molecule has 2 aliphatic heterocycles. The van der Waals surface area contributed by atoms with E-state index in [0.717, 1.165) is 76.5 Å².